The first-order valence-corrected chi connectivity index (χ1v) is 8.25. The Hall–Kier alpha value is -0.620. The predicted molar refractivity (Wildman–Crippen MR) is 92.9 cm³/mol. The molecule has 0 heterocycles. The average Bonchev–Trinajstić information content (AvgIpc) is 2.46. The molecule has 5 heteroatoms. The van der Waals surface area contributed by atoms with E-state index in [4.69, 9.17) is 10.5 Å². The molecule has 2 N–H and O–H groups in total. The van der Waals surface area contributed by atoms with Crippen LogP contribution in [0.25, 0.3) is 0 Å². The summed E-state index contributed by atoms with van der Waals surface area (Å²) in [6.45, 7) is 5.87. The third-order valence-corrected chi connectivity index (χ3v) is 4.16. The molecule has 0 radical (unpaired) electrons. The van der Waals surface area contributed by atoms with E-state index in [9.17, 15) is 0 Å². The highest BCUT2D eigenvalue weighted by atomic mass is 79.9. The van der Waals surface area contributed by atoms with Crippen LogP contribution >= 0.6 is 15.9 Å². The fourth-order valence-corrected chi connectivity index (χ4v) is 2.94. The summed E-state index contributed by atoms with van der Waals surface area (Å²) in [5.74, 6) is 0.903. The van der Waals surface area contributed by atoms with Crippen molar-refractivity contribution in [2.75, 3.05) is 47.4 Å². The van der Waals surface area contributed by atoms with Crippen LogP contribution in [-0.4, -0.2) is 57.2 Å². The number of rotatable bonds is 9. The van der Waals surface area contributed by atoms with E-state index >= 15 is 0 Å². The lowest BCUT2D eigenvalue weighted by Crippen LogP contribution is -2.35. The van der Waals surface area contributed by atoms with Crippen molar-refractivity contribution >= 4 is 15.9 Å². The summed E-state index contributed by atoms with van der Waals surface area (Å²) >= 11 is 3.54. The molecule has 0 saturated carbocycles. The molecule has 0 aromatic heterocycles. The molecule has 0 spiro atoms. The van der Waals surface area contributed by atoms with E-state index in [0.717, 1.165) is 41.8 Å². The molecule has 1 aromatic carbocycles. The van der Waals surface area contributed by atoms with Crippen molar-refractivity contribution < 1.29 is 4.74 Å². The van der Waals surface area contributed by atoms with Crippen molar-refractivity contribution in [1.82, 2.24) is 9.80 Å². The van der Waals surface area contributed by atoms with Gasteiger partial charge in [-0.2, -0.15) is 0 Å². The molecule has 4 nitrogen and oxygen atoms in total. The molecular weight excluding hydrogens is 330 g/mol. The Morgan fingerprint density at radius 2 is 2.00 bits per heavy atom. The summed E-state index contributed by atoms with van der Waals surface area (Å²) in [5.41, 5.74) is 7.22. The minimum Gasteiger partial charge on any atom is -0.496 e. The van der Waals surface area contributed by atoms with Gasteiger partial charge in [0.05, 0.1) is 13.2 Å². The largest absolute Gasteiger partial charge is 0.496 e. The Kier molecular flexibility index (Phi) is 8.26. The minimum absolute atomic E-state index is 0.185. The van der Waals surface area contributed by atoms with Crippen molar-refractivity contribution in [3.8, 4) is 5.75 Å². The van der Waals surface area contributed by atoms with Gasteiger partial charge in [0.25, 0.3) is 0 Å². The Morgan fingerprint density at radius 1 is 1.29 bits per heavy atom. The maximum absolute atomic E-state index is 6.06. The Morgan fingerprint density at radius 3 is 2.52 bits per heavy atom. The zero-order valence-corrected chi connectivity index (χ0v) is 15.2. The number of halogens is 1. The lowest BCUT2D eigenvalue weighted by Gasteiger charge is -2.31. The highest BCUT2D eigenvalue weighted by Crippen LogP contribution is 2.31. The fraction of sp³-hybridized carbons (Fsp3) is 0.625. The monoisotopic (exact) mass is 357 g/mol. The third-order valence-electron chi connectivity index (χ3n) is 3.67. The van der Waals surface area contributed by atoms with Crippen LogP contribution in [0.5, 0.6) is 5.75 Å². The Bertz CT molecular complexity index is 426. The molecule has 0 aliphatic carbocycles. The summed E-state index contributed by atoms with van der Waals surface area (Å²) in [5, 5.41) is 0. The lowest BCUT2D eigenvalue weighted by atomic mass is 10.0. The zero-order valence-electron chi connectivity index (χ0n) is 13.6. The van der Waals surface area contributed by atoms with Crippen LogP contribution in [0.2, 0.25) is 0 Å². The first kappa shape index (κ1) is 18.4. The van der Waals surface area contributed by atoms with Crippen LogP contribution < -0.4 is 10.5 Å². The smallest absolute Gasteiger partial charge is 0.123 e. The van der Waals surface area contributed by atoms with Crippen molar-refractivity contribution in [1.29, 1.82) is 0 Å². The molecule has 0 amide bonds. The summed E-state index contributed by atoms with van der Waals surface area (Å²) < 4.78 is 6.57. The predicted octanol–water partition coefficient (Wildman–Crippen LogP) is 2.73. The molecule has 0 aliphatic heterocycles. The molecule has 1 atom stereocenters. The summed E-state index contributed by atoms with van der Waals surface area (Å²) in [6.07, 6.45) is 1.13. The molecule has 0 bridgehead atoms. The minimum atomic E-state index is 0.185. The summed E-state index contributed by atoms with van der Waals surface area (Å²) in [7, 11) is 5.92. The van der Waals surface area contributed by atoms with Crippen LogP contribution in [0.1, 0.15) is 24.9 Å². The van der Waals surface area contributed by atoms with Gasteiger partial charge in [-0.25, -0.2) is 0 Å². The van der Waals surface area contributed by atoms with E-state index in [1.165, 1.54) is 0 Å². The zero-order chi connectivity index (χ0) is 15.8. The molecule has 1 aromatic rings. The van der Waals surface area contributed by atoms with Crippen LogP contribution in [0.3, 0.4) is 0 Å². The second kappa shape index (κ2) is 9.41. The topological polar surface area (TPSA) is 41.7 Å². The number of methoxy groups -OCH3 is 1. The maximum Gasteiger partial charge on any atom is 0.123 e. The van der Waals surface area contributed by atoms with Gasteiger partial charge in [-0.05, 0) is 51.8 Å². The van der Waals surface area contributed by atoms with E-state index in [1.54, 1.807) is 7.11 Å². The third kappa shape index (κ3) is 5.58. The van der Waals surface area contributed by atoms with Crippen molar-refractivity contribution in [3.05, 3.63) is 28.2 Å². The van der Waals surface area contributed by atoms with Gasteiger partial charge in [-0.15, -0.1) is 0 Å². The van der Waals surface area contributed by atoms with Gasteiger partial charge in [-0.1, -0.05) is 22.9 Å². The number of hydrogen-bond acceptors (Lipinski definition) is 4. The molecule has 0 saturated heterocycles. The molecule has 120 valence electrons. The second-order valence-electron chi connectivity index (χ2n) is 5.42. The van der Waals surface area contributed by atoms with Gasteiger partial charge in [0.1, 0.15) is 5.75 Å². The molecule has 21 heavy (non-hydrogen) atoms. The number of nitrogens with zero attached hydrogens (tertiary/aromatic N) is 2. The highest BCUT2D eigenvalue weighted by Gasteiger charge is 2.21. The van der Waals surface area contributed by atoms with Gasteiger partial charge >= 0.3 is 0 Å². The van der Waals surface area contributed by atoms with Crippen LogP contribution in [0, 0.1) is 0 Å². The van der Waals surface area contributed by atoms with Crippen molar-refractivity contribution in [3.63, 3.8) is 0 Å². The first-order valence-electron chi connectivity index (χ1n) is 7.45. The number of likely N-dealkylation sites (N-methyl/N-ethyl adjacent to an activating group) is 1. The van der Waals surface area contributed by atoms with E-state index in [0.29, 0.717) is 6.54 Å². The lowest BCUT2D eigenvalue weighted by molar-refractivity contribution is 0.198. The van der Waals surface area contributed by atoms with Gasteiger partial charge < -0.3 is 15.4 Å². The van der Waals surface area contributed by atoms with Crippen LogP contribution in [0.4, 0.5) is 0 Å². The van der Waals surface area contributed by atoms with E-state index in [1.807, 2.05) is 12.1 Å². The standard InChI is InChI=1S/C16H28BrN3O/c1-5-20(10-6-9-19(2)3)15(12-18)14-11-13(17)7-8-16(14)21-4/h7-8,11,15H,5-6,9-10,12,18H2,1-4H3. The van der Waals surface area contributed by atoms with E-state index in [2.05, 4.69) is 52.8 Å². The van der Waals surface area contributed by atoms with Gasteiger partial charge in [0, 0.05) is 23.1 Å². The highest BCUT2D eigenvalue weighted by molar-refractivity contribution is 9.10. The first-order chi connectivity index (χ1) is 10.0. The number of benzene rings is 1. The second-order valence-corrected chi connectivity index (χ2v) is 6.34. The van der Waals surface area contributed by atoms with E-state index < -0.39 is 0 Å². The van der Waals surface area contributed by atoms with Gasteiger partial charge in [0.2, 0.25) is 0 Å². The average molecular weight is 358 g/mol. The fourth-order valence-electron chi connectivity index (χ4n) is 2.56. The molecule has 0 fully saturated rings. The van der Waals surface area contributed by atoms with Crippen molar-refractivity contribution in [2.45, 2.75) is 19.4 Å². The summed E-state index contributed by atoms with van der Waals surface area (Å²) in [4.78, 5) is 4.64. The molecule has 0 aliphatic rings. The SMILES string of the molecule is CCN(CCCN(C)C)C(CN)c1cc(Br)ccc1OC. The van der Waals surface area contributed by atoms with Crippen LogP contribution in [-0.2, 0) is 0 Å². The summed E-state index contributed by atoms with van der Waals surface area (Å²) in [6, 6.07) is 6.29. The Balaban J connectivity index is 2.90. The maximum atomic E-state index is 6.06. The normalized spacial score (nSPS) is 13.0. The van der Waals surface area contributed by atoms with E-state index in [-0.39, 0.29) is 6.04 Å². The molecule has 1 rings (SSSR count). The van der Waals surface area contributed by atoms with Crippen molar-refractivity contribution in [2.24, 2.45) is 5.73 Å². The number of nitrogens with two attached hydrogens (primary N) is 1. The quantitative estimate of drug-likeness (QED) is 0.737. The Labute approximate surface area is 137 Å². The number of hydrogen-bond donors (Lipinski definition) is 1. The van der Waals surface area contributed by atoms with Crippen LogP contribution in [0.15, 0.2) is 22.7 Å². The molecule has 1 unspecified atom stereocenters. The number of ether oxygens (including phenoxy) is 1. The van der Waals surface area contributed by atoms with Gasteiger partial charge in [-0.3, -0.25) is 4.90 Å². The van der Waals surface area contributed by atoms with Gasteiger partial charge in [0.15, 0.2) is 0 Å². The molecular formula is C16H28BrN3O.